The van der Waals surface area contributed by atoms with Gasteiger partial charge >= 0.3 is 0 Å². The third-order valence-electron chi connectivity index (χ3n) is 2.90. The largest absolute Gasteiger partial charge is 0.381 e. The molecule has 2 saturated heterocycles. The minimum atomic E-state index is 0.321. The molecule has 0 aromatic heterocycles. The van der Waals surface area contributed by atoms with Gasteiger partial charge in [-0.2, -0.15) is 0 Å². The summed E-state index contributed by atoms with van der Waals surface area (Å²) in [4.78, 5) is 2.13. The van der Waals surface area contributed by atoms with Crippen LogP contribution in [0, 0.1) is 11.3 Å². The maximum absolute atomic E-state index is 8.07. The van der Waals surface area contributed by atoms with Crippen molar-refractivity contribution in [3.63, 3.8) is 0 Å². The van der Waals surface area contributed by atoms with Gasteiger partial charge in [-0.25, -0.2) is 0 Å². The molecule has 0 aromatic carbocycles. The van der Waals surface area contributed by atoms with E-state index in [2.05, 4.69) is 4.90 Å². The summed E-state index contributed by atoms with van der Waals surface area (Å²) in [5, 5.41) is 8.07. The van der Waals surface area contributed by atoms with Crippen LogP contribution < -0.4 is 0 Å². The quantitative estimate of drug-likeness (QED) is 0.499. The molecule has 0 amide bonds. The maximum atomic E-state index is 8.07. The molecule has 1 atom stereocenters. The first-order chi connectivity index (χ1) is 6.88. The Morgan fingerprint density at radius 3 is 2.57 bits per heavy atom. The van der Waals surface area contributed by atoms with E-state index in [0.717, 1.165) is 58.2 Å². The summed E-state index contributed by atoms with van der Waals surface area (Å²) in [5.74, 6) is 1.08. The van der Waals surface area contributed by atoms with Gasteiger partial charge in [-0.3, -0.25) is 5.41 Å². The lowest BCUT2D eigenvalue weighted by Crippen LogP contribution is -2.45. The number of nitrogens with one attached hydrogen (secondary N) is 1. The maximum Gasteiger partial charge on any atom is 0.101 e. The monoisotopic (exact) mass is 198 g/mol. The highest BCUT2D eigenvalue weighted by Crippen LogP contribution is 2.17. The van der Waals surface area contributed by atoms with E-state index in [1.54, 1.807) is 0 Å². The SMILES string of the molecule is N=C(C1CCCOC1)N1CCOCC1. The van der Waals surface area contributed by atoms with Crippen LogP contribution in [0.15, 0.2) is 0 Å². The lowest BCUT2D eigenvalue weighted by Gasteiger charge is -2.34. The van der Waals surface area contributed by atoms with Crippen molar-refractivity contribution < 1.29 is 9.47 Å². The molecule has 1 unspecified atom stereocenters. The van der Waals surface area contributed by atoms with E-state index < -0.39 is 0 Å². The predicted octanol–water partition coefficient (Wildman–Crippen LogP) is 0.722. The van der Waals surface area contributed by atoms with Gasteiger partial charge in [0.25, 0.3) is 0 Å². The summed E-state index contributed by atoms with van der Waals surface area (Å²) >= 11 is 0. The average molecular weight is 198 g/mol. The summed E-state index contributed by atoms with van der Waals surface area (Å²) in [5.41, 5.74) is 0. The Labute approximate surface area is 84.7 Å². The van der Waals surface area contributed by atoms with E-state index in [4.69, 9.17) is 14.9 Å². The molecule has 0 aliphatic carbocycles. The van der Waals surface area contributed by atoms with Crippen LogP contribution in [0.3, 0.4) is 0 Å². The minimum absolute atomic E-state index is 0.321. The smallest absolute Gasteiger partial charge is 0.101 e. The van der Waals surface area contributed by atoms with Crippen molar-refractivity contribution in [2.24, 2.45) is 5.92 Å². The number of hydrogen-bond donors (Lipinski definition) is 1. The van der Waals surface area contributed by atoms with Crippen molar-refractivity contribution in [3.8, 4) is 0 Å². The van der Waals surface area contributed by atoms with E-state index in [1.807, 2.05) is 0 Å². The molecule has 2 aliphatic heterocycles. The van der Waals surface area contributed by atoms with Gasteiger partial charge in [-0.05, 0) is 12.8 Å². The molecule has 80 valence electrons. The minimum Gasteiger partial charge on any atom is -0.381 e. The summed E-state index contributed by atoms with van der Waals surface area (Å²) in [7, 11) is 0. The van der Waals surface area contributed by atoms with Crippen LogP contribution in [0.25, 0.3) is 0 Å². The normalized spacial score (nSPS) is 28.9. The number of ether oxygens (including phenoxy) is 2. The Balaban J connectivity index is 1.85. The molecule has 4 heteroatoms. The summed E-state index contributed by atoms with van der Waals surface area (Å²) in [6.45, 7) is 4.86. The van der Waals surface area contributed by atoms with Crippen LogP contribution in [0.5, 0.6) is 0 Å². The Hall–Kier alpha value is -0.610. The van der Waals surface area contributed by atoms with E-state index in [0.29, 0.717) is 5.92 Å². The second-order valence-corrected chi connectivity index (χ2v) is 3.90. The second kappa shape index (κ2) is 4.75. The highest BCUT2D eigenvalue weighted by atomic mass is 16.5. The van der Waals surface area contributed by atoms with Gasteiger partial charge in [-0.15, -0.1) is 0 Å². The molecule has 0 aromatic rings. The molecule has 2 fully saturated rings. The first-order valence-electron chi connectivity index (χ1n) is 5.37. The van der Waals surface area contributed by atoms with Crippen molar-refractivity contribution >= 4 is 5.84 Å². The fourth-order valence-corrected chi connectivity index (χ4v) is 2.02. The molecule has 2 aliphatic rings. The van der Waals surface area contributed by atoms with Crippen molar-refractivity contribution in [2.75, 3.05) is 39.5 Å². The molecule has 0 spiro atoms. The molecule has 1 N–H and O–H groups in total. The lowest BCUT2D eigenvalue weighted by molar-refractivity contribution is 0.0507. The van der Waals surface area contributed by atoms with Gasteiger partial charge in [-0.1, -0.05) is 0 Å². The highest BCUT2D eigenvalue weighted by molar-refractivity contribution is 5.82. The molecular weight excluding hydrogens is 180 g/mol. The summed E-state index contributed by atoms with van der Waals surface area (Å²) < 4.78 is 10.7. The van der Waals surface area contributed by atoms with Crippen LogP contribution in [0.2, 0.25) is 0 Å². The van der Waals surface area contributed by atoms with Crippen LogP contribution in [0.1, 0.15) is 12.8 Å². The third kappa shape index (κ3) is 2.25. The molecular formula is C10H18N2O2. The standard InChI is InChI=1S/C10H18N2O2/c11-10(9-2-1-5-14-8-9)12-3-6-13-7-4-12/h9,11H,1-8H2. The first kappa shape index (κ1) is 9.93. The zero-order valence-electron chi connectivity index (χ0n) is 8.50. The average Bonchev–Trinajstić information content (AvgIpc) is 2.30. The van der Waals surface area contributed by atoms with Crippen LogP contribution in [-0.2, 0) is 9.47 Å². The van der Waals surface area contributed by atoms with Crippen molar-refractivity contribution in [1.82, 2.24) is 4.90 Å². The third-order valence-corrected chi connectivity index (χ3v) is 2.90. The topological polar surface area (TPSA) is 45.5 Å². The fraction of sp³-hybridized carbons (Fsp3) is 0.900. The Morgan fingerprint density at radius 1 is 1.14 bits per heavy atom. The molecule has 0 saturated carbocycles. The number of amidine groups is 1. The molecule has 2 rings (SSSR count). The molecule has 14 heavy (non-hydrogen) atoms. The van der Waals surface area contributed by atoms with Crippen LogP contribution in [-0.4, -0.2) is 50.3 Å². The molecule has 0 radical (unpaired) electrons. The van der Waals surface area contributed by atoms with Crippen molar-refractivity contribution in [1.29, 1.82) is 5.41 Å². The van der Waals surface area contributed by atoms with E-state index in [-0.39, 0.29) is 0 Å². The van der Waals surface area contributed by atoms with Gasteiger partial charge in [0.05, 0.1) is 19.8 Å². The van der Waals surface area contributed by atoms with E-state index >= 15 is 0 Å². The van der Waals surface area contributed by atoms with Gasteiger partial charge in [0.15, 0.2) is 0 Å². The number of rotatable bonds is 1. The zero-order chi connectivity index (χ0) is 9.80. The Bertz CT molecular complexity index is 176. The zero-order valence-corrected chi connectivity index (χ0v) is 8.50. The second-order valence-electron chi connectivity index (χ2n) is 3.90. The molecule has 4 nitrogen and oxygen atoms in total. The summed E-state index contributed by atoms with van der Waals surface area (Å²) in [6.07, 6.45) is 2.20. The fourth-order valence-electron chi connectivity index (χ4n) is 2.02. The lowest BCUT2D eigenvalue weighted by atomic mass is 10.00. The van der Waals surface area contributed by atoms with E-state index in [9.17, 15) is 0 Å². The Morgan fingerprint density at radius 2 is 1.93 bits per heavy atom. The van der Waals surface area contributed by atoms with Gasteiger partial charge in [0.1, 0.15) is 5.84 Å². The van der Waals surface area contributed by atoms with Crippen LogP contribution >= 0.6 is 0 Å². The summed E-state index contributed by atoms with van der Waals surface area (Å²) in [6, 6.07) is 0. The first-order valence-corrected chi connectivity index (χ1v) is 5.37. The number of morpholine rings is 1. The molecule has 0 bridgehead atoms. The van der Waals surface area contributed by atoms with Gasteiger partial charge in [0, 0.05) is 25.6 Å². The predicted molar refractivity (Wildman–Crippen MR) is 53.7 cm³/mol. The van der Waals surface area contributed by atoms with E-state index in [1.165, 1.54) is 0 Å². The van der Waals surface area contributed by atoms with Gasteiger partial charge < -0.3 is 14.4 Å². The number of hydrogen-bond acceptors (Lipinski definition) is 3. The highest BCUT2D eigenvalue weighted by Gasteiger charge is 2.24. The van der Waals surface area contributed by atoms with Crippen molar-refractivity contribution in [2.45, 2.75) is 12.8 Å². The van der Waals surface area contributed by atoms with Gasteiger partial charge in [0.2, 0.25) is 0 Å². The molecule has 2 heterocycles. The Kier molecular flexibility index (Phi) is 3.37. The van der Waals surface area contributed by atoms with Crippen molar-refractivity contribution in [3.05, 3.63) is 0 Å². The van der Waals surface area contributed by atoms with Crippen LogP contribution in [0.4, 0.5) is 0 Å². The number of nitrogens with zero attached hydrogens (tertiary/aromatic N) is 1.